The summed E-state index contributed by atoms with van der Waals surface area (Å²) in [5.41, 5.74) is 7.71. The average molecular weight is 233 g/mol. The minimum Gasteiger partial charge on any atom is -0.327 e. The third-order valence-corrected chi connectivity index (χ3v) is 3.83. The van der Waals surface area contributed by atoms with Crippen LogP contribution in [0.1, 0.15) is 25.8 Å². The van der Waals surface area contributed by atoms with Gasteiger partial charge in [-0.3, -0.25) is 4.98 Å². The summed E-state index contributed by atoms with van der Waals surface area (Å²) >= 11 is 0. The summed E-state index contributed by atoms with van der Waals surface area (Å²) in [5.74, 6) is 0. The zero-order valence-corrected chi connectivity index (χ0v) is 10.9. The van der Waals surface area contributed by atoms with Gasteiger partial charge in [-0.05, 0) is 36.4 Å². The lowest BCUT2D eigenvalue weighted by molar-refractivity contribution is 0.0964. The first-order chi connectivity index (χ1) is 8.08. The van der Waals surface area contributed by atoms with Crippen LogP contribution in [0.25, 0.3) is 0 Å². The summed E-state index contributed by atoms with van der Waals surface area (Å²) in [4.78, 5) is 6.67. The Morgan fingerprint density at radius 3 is 3.00 bits per heavy atom. The molecule has 17 heavy (non-hydrogen) atoms. The summed E-state index contributed by atoms with van der Waals surface area (Å²) in [6.07, 6.45) is 5.98. The van der Waals surface area contributed by atoms with E-state index in [0.29, 0.717) is 6.04 Å². The quantitative estimate of drug-likeness (QED) is 0.863. The zero-order chi connectivity index (χ0) is 12.3. The minimum atomic E-state index is 0.243. The lowest BCUT2D eigenvalue weighted by Crippen LogP contribution is -2.52. The molecule has 1 aromatic heterocycles. The van der Waals surface area contributed by atoms with E-state index in [9.17, 15) is 0 Å². The van der Waals surface area contributed by atoms with Crippen molar-refractivity contribution in [2.75, 3.05) is 19.6 Å². The molecule has 3 nitrogen and oxygen atoms in total. The number of nitrogens with zero attached hydrogens (tertiary/aromatic N) is 2. The van der Waals surface area contributed by atoms with E-state index >= 15 is 0 Å². The highest BCUT2D eigenvalue weighted by atomic mass is 15.1. The Balaban J connectivity index is 1.85. The maximum Gasteiger partial charge on any atom is 0.0300 e. The first-order valence-corrected chi connectivity index (χ1v) is 6.45. The van der Waals surface area contributed by atoms with Crippen LogP contribution in [0.5, 0.6) is 0 Å². The SMILES string of the molecule is CC1(C)CN(CCc2cccnc2)CCC1N. The Bertz CT molecular complexity index is 348. The average Bonchev–Trinajstić information content (AvgIpc) is 2.32. The molecule has 2 rings (SSSR count). The number of likely N-dealkylation sites (tertiary alicyclic amines) is 1. The Labute approximate surface area is 104 Å². The van der Waals surface area contributed by atoms with Crippen LogP contribution in [0.15, 0.2) is 24.5 Å². The van der Waals surface area contributed by atoms with Gasteiger partial charge >= 0.3 is 0 Å². The predicted octanol–water partition coefficient (Wildman–Crippen LogP) is 1.68. The number of rotatable bonds is 3. The highest BCUT2D eigenvalue weighted by Crippen LogP contribution is 2.27. The number of hydrogen-bond acceptors (Lipinski definition) is 3. The van der Waals surface area contributed by atoms with Crippen molar-refractivity contribution in [1.29, 1.82) is 0 Å². The highest BCUT2D eigenvalue weighted by molar-refractivity contribution is 5.08. The van der Waals surface area contributed by atoms with Crippen LogP contribution in [-0.2, 0) is 6.42 Å². The standard InChI is InChI=1S/C14H23N3/c1-14(2)11-17(9-6-13(14)15)8-5-12-4-3-7-16-10-12/h3-4,7,10,13H,5-6,8-9,11,15H2,1-2H3. The molecule has 2 N–H and O–H groups in total. The van der Waals surface area contributed by atoms with Crippen molar-refractivity contribution in [3.63, 3.8) is 0 Å². The smallest absolute Gasteiger partial charge is 0.0300 e. The molecule has 1 aliphatic rings. The maximum atomic E-state index is 6.15. The normalized spacial score (nSPS) is 24.8. The molecule has 3 heteroatoms. The van der Waals surface area contributed by atoms with E-state index in [1.54, 1.807) is 0 Å². The topological polar surface area (TPSA) is 42.2 Å². The second kappa shape index (κ2) is 5.15. The zero-order valence-electron chi connectivity index (χ0n) is 10.9. The molecular weight excluding hydrogens is 210 g/mol. The van der Waals surface area contributed by atoms with E-state index in [4.69, 9.17) is 5.73 Å². The summed E-state index contributed by atoms with van der Waals surface area (Å²) in [6.45, 7) is 7.89. The van der Waals surface area contributed by atoms with Gasteiger partial charge in [0.25, 0.3) is 0 Å². The van der Waals surface area contributed by atoms with Crippen LogP contribution in [0.2, 0.25) is 0 Å². The van der Waals surface area contributed by atoms with Gasteiger partial charge in [0, 0.05) is 31.5 Å². The molecule has 0 bridgehead atoms. The number of piperidine rings is 1. The number of pyridine rings is 1. The van der Waals surface area contributed by atoms with Gasteiger partial charge in [0.15, 0.2) is 0 Å². The van der Waals surface area contributed by atoms with Crippen molar-refractivity contribution in [2.45, 2.75) is 32.7 Å². The molecule has 2 heterocycles. The van der Waals surface area contributed by atoms with Gasteiger partial charge in [-0.2, -0.15) is 0 Å². The Morgan fingerprint density at radius 2 is 2.35 bits per heavy atom. The third kappa shape index (κ3) is 3.27. The number of aromatic nitrogens is 1. The largest absolute Gasteiger partial charge is 0.327 e. The van der Waals surface area contributed by atoms with Crippen LogP contribution in [0.3, 0.4) is 0 Å². The van der Waals surface area contributed by atoms with E-state index < -0.39 is 0 Å². The van der Waals surface area contributed by atoms with Crippen molar-refractivity contribution in [3.05, 3.63) is 30.1 Å². The molecule has 94 valence electrons. The third-order valence-electron chi connectivity index (χ3n) is 3.83. The fourth-order valence-electron chi connectivity index (χ4n) is 2.51. The maximum absolute atomic E-state index is 6.15. The molecule has 1 aromatic rings. The van der Waals surface area contributed by atoms with Crippen molar-refractivity contribution < 1.29 is 0 Å². The molecule has 0 radical (unpaired) electrons. The van der Waals surface area contributed by atoms with Gasteiger partial charge < -0.3 is 10.6 Å². The summed E-state index contributed by atoms with van der Waals surface area (Å²) in [5, 5.41) is 0. The van der Waals surface area contributed by atoms with Gasteiger partial charge in [-0.1, -0.05) is 19.9 Å². The van der Waals surface area contributed by atoms with E-state index in [1.165, 1.54) is 5.56 Å². The fraction of sp³-hybridized carbons (Fsp3) is 0.643. The molecule has 1 fully saturated rings. The van der Waals surface area contributed by atoms with Crippen LogP contribution < -0.4 is 5.73 Å². The molecule has 1 aliphatic heterocycles. The Kier molecular flexibility index (Phi) is 3.79. The van der Waals surface area contributed by atoms with Crippen molar-refractivity contribution >= 4 is 0 Å². The van der Waals surface area contributed by atoms with Crippen molar-refractivity contribution in [3.8, 4) is 0 Å². The first kappa shape index (κ1) is 12.5. The second-order valence-electron chi connectivity index (χ2n) is 5.77. The fourth-order valence-corrected chi connectivity index (χ4v) is 2.51. The monoisotopic (exact) mass is 233 g/mol. The molecule has 0 aromatic carbocycles. The molecule has 1 saturated heterocycles. The summed E-state index contributed by atoms with van der Waals surface area (Å²) < 4.78 is 0. The molecule has 1 atom stereocenters. The lowest BCUT2D eigenvalue weighted by atomic mass is 9.79. The van der Waals surface area contributed by atoms with Crippen LogP contribution in [0.4, 0.5) is 0 Å². The Morgan fingerprint density at radius 1 is 1.53 bits per heavy atom. The van der Waals surface area contributed by atoms with E-state index in [-0.39, 0.29) is 5.41 Å². The van der Waals surface area contributed by atoms with Crippen LogP contribution in [-0.4, -0.2) is 35.6 Å². The lowest BCUT2D eigenvalue weighted by Gasteiger charge is -2.42. The predicted molar refractivity (Wildman–Crippen MR) is 70.8 cm³/mol. The molecule has 0 spiro atoms. The van der Waals surface area contributed by atoms with Gasteiger partial charge in [0.2, 0.25) is 0 Å². The van der Waals surface area contributed by atoms with Gasteiger partial charge in [0.1, 0.15) is 0 Å². The second-order valence-corrected chi connectivity index (χ2v) is 5.77. The van der Waals surface area contributed by atoms with E-state index in [1.807, 2.05) is 18.5 Å². The van der Waals surface area contributed by atoms with Gasteiger partial charge in [-0.25, -0.2) is 0 Å². The van der Waals surface area contributed by atoms with Gasteiger partial charge in [-0.15, -0.1) is 0 Å². The van der Waals surface area contributed by atoms with Crippen LogP contribution in [0, 0.1) is 5.41 Å². The van der Waals surface area contributed by atoms with Crippen LogP contribution >= 0.6 is 0 Å². The summed E-state index contributed by atoms with van der Waals surface area (Å²) in [7, 11) is 0. The summed E-state index contributed by atoms with van der Waals surface area (Å²) in [6, 6.07) is 4.50. The molecule has 0 aliphatic carbocycles. The number of hydrogen-bond donors (Lipinski definition) is 1. The molecule has 0 saturated carbocycles. The molecule has 1 unspecified atom stereocenters. The van der Waals surface area contributed by atoms with E-state index in [2.05, 4.69) is 29.8 Å². The molecular formula is C14H23N3. The highest BCUT2D eigenvalue weighted by Gasteiger charge is 2.32. The molecule has 0 amide bonds. The minimum absolute atomic E-state index is 0.243. The van der Waals surface area contributed by atoms with Crippen molar-refractivity contribution in [1.82, 2.24) is 9.88 Å². The first-order valence-electron chi connectivity index (χ1n) is 6.45. The van der Waals surface area contributed by atoms with Crippen molar-refractivity contribution in [2.24, 2.45) is 11.1 Å². The number of nitrogens with two attached hydrogens (primary N) is 1. The van der Waals surface area contributed by atoms with Gasteiger partial charge in [0.05, 0.1) is 0 Å². The Hall–Kier alpha value is -0.930. The van der Waals surface area contributed by atoms with E-state index in [0.717, 1.165) is 32.5 Å².